The molecule has 2 N–H and O–H groups in total. The highest BCUT2D eigenvalue weighted by Gasteiger charge is 2.10. The van der Waals surface area contributed by atoms with Crippen LogP contribution in [0.3, 0.4) is 0 Å². The van der Waals surface area contributed by atoms with Gasteiger partial charge in [0.25, 0.3) is 0 Å². The number of hydrogen-bond acceptors (Lipinski definition) is 3. The molecule has 0 amide bonds. The number of aromatic nitrogens is 3. The van der Waals surface area contributed by atoms with Gasteiger partial charge in [-0.3, -0.25) is 0 Å². The maximum Gasteiger partial charge on any atom is 0.122 e. The van der Waals surface area contributed by atoms with Crippen LogP contribution in [0.5, 0.6) is 0 Å². The molecule has 4 heteroatoms. The molecule has 2 rings (SSSR count). The van der Waals surface area contributed by atoms with Crippen LogP contribution in [0.15, 0.2) is 37.1 Å². The van der Waals surface area contributed by atoms with E-state index >= 15 is 0 Å². The average molecular weight is 175 g/mol. The predicted molar refractivity (Wildman–Crippen MR) is 46.9 cm³/mol. The fourth-order valence-corrected chi connectivity index (χ4v) is 1.15. The van der Waals surface area contributed by atoms with Gasteiger partial charge in [-0.25, -0.2) is 9.97 Å². The van der Waals surface area contributed by atoms with E-state index in [1.54, 1.807) is 18.6 Å². The molecule has 0 bridgehead atoms. The molecule has 2 heterocycles. The second-order valence-corrected chi connectivity index (χ2v) is 2.70. The van der Waals surface area contributed by atoms with Gasteiger partial charge >= 0.3 is 0 Å². The summed E-state index contributed by atoms with van der Waals surface area (Å²) in [5.74, 6) is 0. The number of aliphatic hydroxyl groups is 1. The lowest BCUT2D eigenvalue weighted by atomic mass is 10.1. The van der Waals surface area contributed by atoms with E-state index in [1.807, 2.05) is 12.1 Å². The minimum Gasteiger partial charge on any atom is -0.382 e. The first-order chi connectivity index (χ1) is 6.38. The van der Waals surface area contributed by atoms with Crippen molar-refractivity contribution < 1.29 is 5.11 Å². The molecular weight excluding hydrogens is 166 g/mol. The molecule has 66 valence electrons. The molecule has 0 aliphatic rings. The van der Waals surface area contributed by atoms with E-state index in [9.17, 15) is 5.11 Å². The molecule has 13 heavy (non-hydrogen) atoms. The molecule has 0 aromatic carbocycles. The molecule has 0 spiro atoms. The van der Waals surface area contributed by atoms with Crippen molar-refractivity contribution in [3.8, 4) is 0 Å². The van der Waals surface area contributed by atoms with E-state index in [1.165, 1.54) is 6.33 Å². The summed E-state index contributed by atoms with van der Waals surface area (Å²) in [4.78, 5) is 10.6. The Morgan fingerprint density at radius 3 is 2.69 bits per heavy atom. The van der Waals surface area contributed by atoms with Crippen LogP contribution in [0.2, 0.25) is 0 Å². The second kappa shape index (κ2) is 3.37. The molecule has 0 saturated carbocycles. The molecule has 2 aromatic heterocycles. The Hall–Kier alpha value is -1.68. The molecule has 1 atom stereocenters. The van der Waals surface area contributed by atoms with Crippen molar-refractivity contribution in [2.45, 2.75) is 6.10 Å². The maximum absolute atomic E-state index is 9.77. The lowest BCUT2D eigenvalue weighted by Gasteiger charge is -2.06. The minimum absolute atomic E-state index is 0.670. The van der Waals surface area contributed by atoms with Crippen LogP contribution in [0, 0.1) is 0 Å². The SMILES string of the molecule is OC(c1cncnc1)c1ccc[nH]1. The number of hydrogen-bond donors (Lipinski definition) is 2. The highest BCUT2D eigenvalue weighted by Crippen LogP contribution is 2.17. The van der Waals surface area contributed by atoms with Crippen LogP contribution in [0.4, 0.5) is 0 Å². The Kier molecular flexibility index (Phi) is 2.06. The third-order valence-corrected chi connectivity index (χ3v) is 1.81. The summed E-state index contributed by atoms with van der Waals surface area (Å²) in [6.07, 6.45) is 5.72. The molecule has 0 aliphatic heterocycles. The van der Waals surface area contributed by atoms with Crippen molar-refractivity contribution in [3.63, 3.8) is 0 Å². The van der Waals surface area contributed by atoms with Gasteiger partial charge in [0.2, 0.25) is 0 Å². The largest absolute Gasteiger partial charge is 0.382 e. The molecule has 0 saturated heterocycles. The van der Waals surface area contributed by atoms with Gasteiger partial charge in [0.15, 0.2) is 0 Å². The van der Waals surface area contributed by atoms with E-state index < -0.39 is 6.10 Å². The molecule has 2 aromatic rings. The zero-order valence-corrected chi connectivity index (χ0v) is 6.88. The topological polar surface area (TPSA) is 61.8 Å². The number of aromatic amines is 1. The third-order valence-electron chi connectivity index (χ3n) is 1.81. The van der Waals surface area contributed by atoms with Gasteiger partial charge in [-0.05, 0) is 12.1 Å². The quantitative estimate of drug-likeness (QED) is 0.712. The van der Waals surface area contributed by atoms with Crippen molar-refractivity contribution in [1.82, 2.24) is 15.0 Å². The number of H-pyrrole nitrogens is 1. The van der Waals surface area contributed by atoms with E-state index in [0.29, 0.717) is 5.56 Å². The Morgan fingerprint density at radius 1 is 1.31 bits per heavy atom. The van der Waals surface area contributed by atoms with Crippen molar-refractivity contribution >= 4 is 0 Å². The lowest BCUT2D eigenvalue weighted by molar-refractivity contribution is 0.215. The van der Waals surface area contributed by atoms with Crippen molar-refractivity contribution in [2.75, 3.05) is 0 Å². The smallest absolute Gasteiger partial charge is 0.122 e. The summed E-state index contributed by atoms with van der Waals surface area (Å²) in [5.41, 5.74) is 1.43. The van der Waals surface area contributed by atoms with Gasteiger partial charge < -0.3 is 10.1 Å². The zero-order valence-electron chi connectivity index (χ0n) is 6.88. The first-order valence-corrected chi connectivity index (χ1v) is 3.94. The summed E-state index contributed by atoms with van der Waals surface area (Å²) in [5, 5.41) is 9.77. The number of nitrogens with zero attached hydrogens (tertiary/aromatic N) is 2. The van der Waals surface area contributed by atoms with Crippen LogP contribution in [0.1, 0.15) is 17.4 Å². The van der Waals surface area contributed by atoms with Gasteiger partial charge in [-0.1, -0.05) is 0 Å². The van der Waals surface area contributed by atoms with Crippen LogP contribution < -0.4 is 0 Å². The molecule has 0 aliphatic carbocycles. The molecular formula is C9H9N3O. The highest BCUT2D eigenvalue weighted by molar-refractivity contribution is 5.20. The third kappa shape index (κ3) is 1.57. The number of aliphatic hydroxyl groups excluding tert-OH is 1. The minimum atomic E-state index is -0.670. The second-order valence-electron chi connectivity index (χ2n) is 2.70. The zero-order chi connectivity index (χ0) is 9.10. The van der Waals surface area contributed by atoms with Gasteiger partial charge in [-0.2, -0.15) is 0 Å². The van der Waals surface area contributed by atoms with E-state index in [0.717, 1.165) is 5.69 Å². The van der Waals surface area contributed by atoms with Gasteiger partial charge in [0.1, 0.15) is 12.4 Å². The summed E-state index contributed by atoms with van der Waals surface area (Å²) >= 11 is 0. The Balaban J connectivity index is 2.29. The molecule has 0 radical (unpaired) electrons. The van der Waals surface area contributed by atoms with Crippen molar-refractivity contribution in [1.29, 1.82) is 0 Å². The van der Waals surface area contributed by atoms with Gasteiger partial charge in [0.05, 0.1) is 0 Å². The van der Waals surface area contributed by atoms with E-state index in [2.05, 4.69) is 15.0 Å². The standard InChI is InChI=1S/C9H9N3O/c13-9(8-2-1-3-12-8)7-4-10-6-11-5-7/h1-6,9,12-13H. The summed E-state index contributed by atoms with van der Waals surface area (Å²) in [7, 11) is 0. The fourth-order valence-electron chi connectivity index (χ4n) is 1.15. The number of rotatable bonds is 2. The Labute approximate surface area is 75.3 Å². The highest BCUT2D eigenvalue weighted by atomic mass is 16.3. The van der Waals surface area contributed by atoms with Gasteiger partial charge in [-0.15, -0.1) is 0 Å². The molecule has 1 unspecified atom stereocenters. The lowest BCUT2D eigenvalue weighted by Crippen LogP contribution is -2.00. The normalized spacial score (nSPS) is 12.7. The number of nitrogens with one attached hydrogen (secondary N) is 1. The molecule has 0 fully saturated rings. The average Bonchev–Trinajstić information content (AvgIpc) is 2.71. The summed E-state index contributed by atoms with van der Waals surface area (Å²) in [6.45, 7) is 0. The first kappa shape index (κ1) is 7.94. The summed E-state index contributed by atoms with van der Waals surface area (Å²) < 4.78 is 0. The van der Waals surface area contributed by atoms with Crippen LogP contribution >= 0.6 is 0 Å². The van der Waals surface area contributed by atoms with Crippen LogP contribution in [-0.2, 0) is 0 Å². The Bertz CT molecular complexity index is 358. The van der Waals surface area contributed by atoms with Gasteiger partial charge in [0, 0.05) is 29.8 Å². The Morgan fingerprint density at radius 2 is 2.08 bits per heavy atom. The van der Waals surface area contributed by atoms with Crippen molar-refractivity contribution in [2.24, 2.45) is 0 Å². The first-order valence-electron chi connectivity index (χ1n) is 3.94. The van der Waals surface area contributed by atoms with E-state index in [4.69, 9.17) is 0 Å². The van der Waals surface area contributed by atoms with Crippen LogP contribution in [-0.4, -0.2) is 20.1 Å². The monoisotopic (exact) mass is 175 g/mol. The molecule has 4 nitrogen and oxygen atoms in total. The van der Waals surface area contributed by atoms with E-state index in [-0.39, 0.29) is 0 Å². The predicted octanol–water partition coefficient (Wildman–Crippen LogP) is 0.886. The van der Waals surface area contributed by atoms with Crippen LogP contribution in [0.25, 0.3) is 0 Å². The van der Waals surface area contributed by atoms with Crippen molar-refractivity contribution in [3.05, 3.63) is 48.3 Å². The summed E-state index contributed by atoms with van der Waals surface area (Å²) in [6, 6.07) is 3.65. The fraction of sp³-hybridized carbons (Fsp3) is 0.111. The maximum atomic E-state index is 9.77.